The molecule has 1 rings (SSSR count). The van der Waals surface area contributed by atoms with Gasteiger partial charge >= 0.3 is 0 Å². The maximum atomic E-state index is 11.7. The van der Waals surface area contributed by atoms with Crippen LogP contribution in [-0.2, 0) is 14.3 Å². The molecule has 84 valence electrons. The first kappa shape index (κ1) is 11.9. The molecule has 0 fully saturated rings. The first-order valence-electron chi connectivity index (χ1n) is 4.19. The van der Waals surface area contributed by atoms with E-state index in [4.69, 9.17) is 4.74 Å². The van der Waals surface area contributed by atoms with E-state index in [0.717, 1.165) is 0 Å². The van der Waals surface area contributed by atoms with E-state index < -0.39 is 23.4 Å². The molecule has 0 aliphatic rings. The van der Waals surface area contributed by atoms with Gasteiger partial charge in [-0.1, -0.05) is 0 Å². The SMILES string of the molecule is COc1ccc(S(=O)(=O)OCCF)cc1. The summed E-state index contributed by atoms with van der Waals surface area (Å²) in [6, 6.07) is 5.66. The van der Waals surface area contributed by atoms with Crippen LogP contribution in [-0.4, -0.2) is 28.8 Å². The Hall–Kier alpha value is -1.14. The van der Waals surface area contributed by atoms with Crippen molar-refractivity contribution in [2.75, 3.05) is 20.4 Å². The van der Waals surface area contributed by atoms with E-state index in [2.05, 4.69) is 4.18 Å². The van der Waals surface area contributed by atoms with Crippen LogP contribution in [0.4, 0.5) is 4.39 Å². The summed E-state index contributed by atoms with van der Waals surface area (Å²) in [6.07, 6.45) is 0. The van der Waals surface area contributed by atoms with Gasteiger partial charge in [0.15, 0.2) is 0 Å². The minimum atomic E-state index is -3.84. The van der Waals surface area contributed by atoms with Crippen molar-refractivity contribution in [3.63, 3.8) is 0 Å². The quantitative estimate of drug-likeness (QED) is 0.722. The fourth-order valence-electron chi connectivity index (χ4n) is 0.952. The van der Waals surface area contributed by atoms with Gasteiger partial charge in [0.25, 0.3) is 10.1 Å². The number of hydrogen-bond acceptors (Lipinski definition) is 4. The fourth-order valence-corrected chi connectivity index (χ4v) is 1.84. The van der Waals surface area contributed by atoms with Gasteiger partial charge in [-0.2, -0.15) is 8.42 Å². The third-order valence-electron chi connectivity index (χ3n) is 1.66. The van der Waals surface area contributed by atoms with Gasteiger partial charge in [0.05, 0.1) is 18.6 Å². The lowest BCUT2D eigenvalue weighted by Gasteiger charge is -2.04. The molecule has 0 amide bonds. The highest BCUT2D eigenvalue weighted by Crippen LogP contribution is 2.17. The molecule has 1 aromatic rings. The monoisotopic (exact) mass is 234 g/mol. The molecule has 1 aromatic carbocycles. The van der Waals surface area contributed by atoms with Gasteiger partial charge in [-0.05, 0) is 24.3 Å². The van der Waals surface area contributed by atoms with Crippen LogP contribution in [0.15, 0.2) is 29.2 Å². The lowest BCUT2D eigenvalue weighted by Crippen LogP contribution is -2.08. The summed E-state index contributed by atoms with van der Waals surface area (Å²) < 4.78 is 43.7. The van der Waals surface area contributed by atoms with Crippen LogP contribution in [0.1, 0.15) is 0 Å². The highest BCUT2D eigenvalue weighted by atomic mass is 32.2. The minimum absolute atomic E-state index is 0.0169. The average molecular weight is 234 g/mol. The molecule has 15 heavy (non-hydrogen) atoms. The van der Waals surface area contributed by atoms with E-state index in [1.54, 1.807) is 0 Å². The molecule has 4 nitrogen and oxygen atoms in total. The molecule has 0 aliphatic heterocycles. The number of alkyl halides is 1. The van der Waals surface area contributed by atoms with Crippen LogP contribution >= 0.6 is 0 Å². The molecule has 0 N–H and O–H groups in total. The second-order valence-corrected chi connectivity index (χ2v) is 4.26. The standard InChI is InChI=1S/C9H11FO4S/c1-13-8-2-4-9(5-3-8)15(11,12)14-7-6-10/h2-5H,6-7H2,1H3. The number of halogens is 1. The summed E-state index contributed by atoms with van der Waals surface area (Å²) >= 11 is 0. The van der Waals surface area contributed by atoms with Gasteiger partial charge < -0.3 is 4.74 Å². The van der Waals surface area contributed by atoms with Crippen molar-refractivity contribution in [1.82, 2.24) is 0 Å². The summed E-state index contributed by atoms with van der Waals surface area (Å²) in [6.45, 7) is -1.30. The second-order valence-electron chi connectivity index (χ2n) is 2.64. The van der Waals surface area contributed by atoms with E-state index in [1.807, 2.05) is 0 Å². The maximum absolute atomic E-state index is 11.7. The third-order valence-corrected chi connectivity index (χ3v) is 2.99. The predicted molar refractivity (Wildman–Crippen MR) is 52.1 cm³/mol. The highest BCUT2D eigenvalue weighted by Gasteiger charge is 2.14. The van der Waals surface area contributed by atoms with E-state index in [1.165, 1.54) is 31.4 Å². The van der Waals surface area contributed by atoms with Gasteiger partial charge in [0, 0.05) is 0 Å². The summed E-state index contributed by atoms with van der Waals surface area (Å²) in [5.74, 6) is 0.541. The Balaban J connectivity index is 2.86. The summed E-state index contributed by atoms with van der Waals surface area (Å²) in [7, 11) is -2.37. The van der Waals surface area contributed by atoms with Crippen molar-refractivity contribution in [3.8, 4) is 5.75 Å². The molecule has 0 atom stereocenters. The number of benzene rings is 1. The molecule has 0 bridgehead atoms. The van der Waals surface area contributed by atoms with Crippen molar-refractivity contribution in [2.45, 2.75) is 4.90 Å². The Morgan fingerprint density at radius 2 is 1.87 bits per heavy atom. The zero-order valence-electron chi connectivity index (χ0n) is 8.14. The van der Waals surface area contributed by atoms with Gasteiger partial charge in [0.1, 0.15) is 12.4 Å². The molecule has 0 saturated carbocycles. The Morgan fingerprint density at radius 3 is 2.33 bits per heavy atom. The molecule has 0 heterocycles. The summed E-state index contributed by atoms with van der Waals surface area (Å²) in [5, 5.41) is 0. The van der Waals surface area contributed by atoms with Crippen LogP contribution in [0.5, 0.6) is 5.75 Å². The first-order valence-corrected chi connectivity index (χ1v) is 5.60. The van der Waals surface area contributed by atoms with Crippen molar-refractivity contribution in [1.29, 1.82) is 0 Å². The Morgan fingerprint density at radius 1 is 1.27 bits per heavy atom. The maximum Gasteiger partial charge on any atom is 0.297 e. The topological polar surface area (TPSA) is 52.6 Å². The van der Waals surface area contributed by atoms with E-state index >= 15 is 0 Å². The van der Waals surface area contributed by atoms with E-state index in [-0.39, 0.29) is 4.90 Å². The molecule has 0 radical (unpaired) electrons. The number of ether oxygens (including phenoxy) is 1. The number of hydrogen-bond donors (Lipinski definition) is 0. The average Bonchev–Trinajstić information content (AvgIpc) is 2.26. The Labute approximate surface area is 87.8 Å². The van der Waals surface area contributed by atoms with Gasteiger partial charge in [-0.3, -0.25) is 4.18 Å². The molecule has 0 unspecified atom stereocenters. The molecular formula is C9H11FO4S. The molecule has 6 heteroatoms. The number of rotatable bonds is 5. The highest BCUT2D eigenvalue weighted by molar-refractivity contribution is 7.86. The van der Waals surface area contributed by atoms with Crippen LogP contribution in [0, 0.1) is 0 Å². The molecule has 0 aromatic heterocycles. The van der Waals surface area contributed by atoms with Crippen LogP contribution in [0.2, 0.25) is 0 Å². The lowest BCUT2D eigenvalue weighted by atomic mass is 10.3. The Kier molecular flexibility index (Phi) is 4.05. The smallest absolute Gasteiger partial charge is 0.297 e. The van der Waals surface area contributed by atoms with Crippen molar-refractivity contribution < 1.29 is 21.7 Å². The third kappa shape index (κ3) is 3.17. The fraction of sp³-hybridized carbons (Fsp3) is 0.333. The van der Waals surface area contributed by atoms with Crippen LogP contribution in [0.25, 0.3) is 0 Å². The Bertz CT molecular complexity index is 399. The largest absolute Gasteiger partial charge is 0.497 e. The van der Waals surface area contributed by atoms with Crippen molar-refractivity contribution in [2.24, 2.45) is 0 Å². The van der Waals surface area contributed by atoms with Crippen LogP contribution in [0.3, 0.4) is 0 Å². The van der Waals surface area contributed by atoms with Gasteiger partial charge in [0.2, 0.25) is 0 Å². The molecule has 0 aliphatic carbocycles. The van der Waals surface area contributed by atoms with Gasteiger partial charge in [-0.25, -0.2) is 4.39 Å². The van der Waals surface area contributed by atoms with Crippen molar-refractivity contribution in [3.05, 3.63) is 24.3 Å². The van der Waals surface area contributed by atoms with E-state index in [0.29, 0.717) is 5.75 Å². The number of methoxy groups -OCH3 is 1. The second kappa shape index (κ2) is 5.09. The van der Waals surface area contributed by atoms with Crippen LogP contribution < -0.4 is 4.74 Å². The van der Waals surface area contributed by atoms with Gasteiger partial charge in [-0.15, -0.1) is 0 Å². The molecule has 0 saturated heterocycles. The summed E-state index contributed by atoms with van der Waals surface area (Å²) in [4.78, 5) is -0.0169. The predicted octanol–water partition coefficient (Wildman–Crippen LogP) is 1.37. The lowest BCUT2D eigenvalue weighted by molar-refractivity contribution is 0.276. The summed E-state index contributed by atoms with van der Waals surface area (Å²) in [5.41, 5.74) is 0. The molecule has 0 spiro atoms. The van der Waals surface area contributed by atoms with E-state index in [9.17, 15) is 12.8 Å². The van der Waals surface area contributed by atoms with Crippen molar-refractivity contribution >= 4 is 10.1 Å². The zero-order valence-corrected chi connectivity index (χ0v) is 8.96. The minimum Gasteiger partial charge on any atom is -0.497 e. The molecular weight excluding hydrogens is 223 g/mol. The zero-order chi connectivity index (χ0) is 11.3. The normalized spacial score (nSPS) is 11.3. The first-order chi connectivity index (χ1) is 7.10.